The van der Waals surface area contributed by atoms with Crippen LogP contribution in [-0.4, -0.2) is 35.1 Å². The molecule has 0 atom stereocenters. The number of benzene rings is 1. The molecule has 0 spiro atoms. The van der Waals surface area contributed by atoms with E-state index in [4.69, 9.17) is 19.5 Å². The van der Waals surface area contributed by atoms with Crippen molar-refractivity contribution in [2.45, 2.75) is 73.6 Å². The lowest BCUT2D eigenvalue weighted by Crippen LogP contribution is -2.09. The molecule has 1 heterocycles. The summed E-state index contributed by atoms with van der Waals surface area (Å²) in [6, 6.07) is 3.95. The van der Waals surface area contributed by atoms with Crippen LogP contribution in [0.25, 0.3) is 11.0 Å². The van der Waals surface area contributed by atoms with E-state index in [9.17, 15) is 4.79 Å². The van der Waals surface area contributed by atoms with Crippen molar-refractivity contribution in [2.24, 2.45) is 5.41 Å². The van der Waals surface area contributed by atoms with Gasteiger partial charge in [0.15, 0.2) is 5.58 Å². The Labute approximate surface area is 168 Å². The number of hydrogen-bond acceptors (Lipinski definition) is 5. The third kappa shape index (κ3) is 8.30. The lowest BCUT2D eigenvalue weighted by atomic mass is 9.89. The first-order valence-electron chi connectivity index (χ1n) is 10.0. The molecule has 0 bridgehead atoms. The highest BCUT2D eigenvalue weighted by molar-refractivity contribution is 5.84. The van der Waals surface area contributed by atoms with Crippen molar-refractivity contribution in [3.8, 4) is 5.75 Å². The molecular weight excluding hydrogens is 358 g/mol. The van der Waals surface area contributed by atoms with Crippen LogP contribution in [0, 0.1) is 5.41 Å². The number of aryl methyl sites for hydroxylation is 1. The van der Waals surface area contributed by atoms with E-state index < -0.39 is 5.97 Å². The van der Waals surface area contributed by atoms with Gasteiger partial charge < -0.3 is 19.5 Å². The van der Waals surface area contributed by atoms with Gasteiger partial charge in [0.2, 0.25) is 0 Å². The van der Waals surface area contributed by atoms with Crippen molar-refractivity contribution >= 4 is 16.9 Å². The molecule has 2 aromatic rings. The van der Waals surface area contributed by atoms with Gasteiger partial charge in [0.1, 0.15) is 5.75 Å². The number of aliphatic hydroxyl groups is 1. The number of aliphatic carboxylic acids is 1. The number of carboxylic acids is 1. The van der Waals surface area contributed by atoms with Crippen molar-refractivity contribution in [2.75, 3.05) is 13.7 Å². The highest BCUT2D eigenvalue weighted by Crippen LogP contribution is 2.33. The zero-order chi connectivity index (χ0) is 21.7. The maximum atomic E-state index is 10.6. The number of fused-ring (bicyclic) bond motifs is 1. The second kappa shape index (κ2) is 13.2. The Hall–Kier alpha value is -2.08. The van der Waals surface area contributed by atoms with Crippen molar-refractivity contribution in [1.82, 2.24) is 5.16 Å². The monoisotopic (exact) mass is 395 g/mol. The SMILES string of the molecule is CC.CCCc1c(OCCCC(=O)O)ccc2c(CC(C)(C)C)noc12.CO. The number of rotatable bonds is 8. The second-order valence-corrected chi connectivity index (χ2v) is 7.38. The average molecular weight is 396 g/mol. The van der Waals surface area contributed by atoms with Crippen molar-refractivity contribution in [3.63, 3.8) is 0 Å². The fourth-order valence-corrected chi connectivity index (χ4v) is 2.75. The average Bonchev–Trinajstić information content (AvgIpc) is 3.05. The molecule has 0 aliphatic rings. The number of aromatic nitrogens is 1. The first-order valence-corrected chi connectivity index (χ1v) is 10.0. The van der Waals surface area contributed by atoms with Gasteiger partial charge in [0.25, 0.3) is 0 Å². The highest BCUT2D eigenvalue weighted by atomic mass is 16.5. The summed E-state index contributed by atoms with van der Waals surface area (Å²) in [4.78, 5) is 10.6. The van der Waals surface area contributed by atoms with Gasteiger partial charge in [-0.05, 0) is 36.8 Å². The Kier molecular flexibility index (Phi) is 12.2. The summed E-state index contributed by atoms with van der Waals surface area (Å²) in [6.45, 7) is 13.0. The van der Waals surface area contributed by atoms with E-state index in [-0.39, 0.29) is 11.8 Å². The van der Waals surface area contributed by atoms with E-state index in [0.29, 0.717) is 13.0 Å². The van der Waals surface area contributed by atoms with Crippen LogP contribution in [0.15, 0.2) is 16.7 Å². The molecule has 0 aliphatic heterocycles. The predicted molar refractivity (Wildman–Crippen MR) is 113 cm³/mol. The van der Waals surface area contributed by atoms with E-state index in [1.165, 1.54) is 0 Å². The molecule has 6 heteroatoms. The zero-order valence-electron chi connectivity index (χ0n) is 18.5. The van der Waals surface area contributed by atoms with Gasteiger partial charge in [-0.3, -0.25) is 4.79 Å². The minimum absolute atomic E-state index is 0.114. The Morgan fingerprint density at radius 3 is 2.39 bits per heavy atom. The molecule has 1 aromatic heterocycles. The fourth-order valence-electron chi connectivity index (χ4n) is 2.75. The summed E-state index contributed by atoms with van der Waals surface area (Å²) in [6.07, 6.45) is 3.27. The van der Waals surface area contributed by atoms with Gasteiger partial charge in [-0.1, -0.05) is 53.1 Å². The Bertz CT molecular complexity index is 701. The topological polar surface area (TPSA) is 92.8 Å². The number of ether oxygens (including phenoxy) is 1. The van der Waals surface area contributed by atoms with Crippen LogP contribution in [0.2, 0.25) is 0 Å². The number of aliphatic hydroxyl groups excluding tert-OH is 1. The molecule has 1 aromatic carbocycles. The molecule has 0 saturated carbocycles. The molecule has 2 rings (SSSR count). The maximum Gasteiger partial charge on any atom is 0.303 e. The van der Waals surface area contributed by atoms with Gasteiger partial charge in [-0.25, -0.2) is 0 Å². The lowest BCUT2D eigenvalue weighted by molar-refractivity contribution is -0.137. The first-order chi connectivity index (χ1) is 13.3. The molecule has 0 unspecified atom stereocenters. The summed E-state index contributed by atoms with van der Waals surface area (Å²) >= 11 is 0. The van der Waals surface area contributed by atoms with Crippen LogP contribution in [0.4, 0.5) is 0 Å². The quantitative estimate of drug-likeness (QED) is 0.593. The van der Waals surface area contributed by atoms with E-state index in [1.807, 2.05) is 26.0 Å². The minimum Gasteiger partial charge on any atom is -0.493 e. The van der Waals surface area contributed by atoms with E-state index >= 15 is 0 Å². The molecule has 6 nitrogen and oxygen atoms in total. The van der Waals surface area contributed by atoms with Gasteiger partial charge in [0.05, 0.1) is 12.3 Å². The van der Waals surface area contributed by atoms with Crippen molar-refractivity contribution in [1.29, 1.82) is 0 Å². The van der Waals surface area contributed by atoms with E-state index in [2.05, 4.69) is 32.9 Å². The smallest absolute Gasteiger partial charge is 0.303 e. The van der Waals surface area contributed by atoms with Gasteiger partial charge in [0, 0.05) is 24.5 Å². The Morgan fingerprint density at radius 1 is 1.21 bits per heavy atom. The number of carboxylic acid groups (broad SMARTS) is 1. The number of nitrogens with zero attached hydrogens (tertiary/aromatic N) is 1. The van der Waals surface area contributed by atoms with Gasteiger partial charge in [-0.15, -0.1) is 0 Å². The third-order valence-corrected chi connectivity index (χ3v) is 3.77. The molecule has 0 saturated heterocycles. The molecule has 0 radical (unpaired) electrons. The minimum atomic E-state index is -0.801. The van der Waals surface area contributed by atoms with Crippen LogP contribution in [0.3, 0.4) is 0 Å². The summed E-state index contributed by atoms with van der Waals surface area (Å²) in [5.74, 6) is -0.0295. The molecule has 2 N–H and O–H groups in total. The van der Waals surface area contributed by atoms with Crippen molar-refractivity contribution in [3.05, 3.63) is 23.4 Å². The van der Waals surface area contributed by atoms with Gasteiger partial charge >= 0.3 is 5.97 Å². The molecular formula is C22H37NO5. The second-order valence-electron chi connectivity index (χ2n) is 7.38. The van der Waals surface area contributed by atoms with Crippen LogP contribution < -0.4 is 4.74 Å². The van der Waals surface area contributed by atoms with Gasteiger partial charge in [-0.2, -0.15) is 0 Å². The van der Waals surface area contributed by atoms with E-state index in [1.54, 1.807) is 0 Å². The normalized spacial score (nSPS) is 10.6. The fraction of sp³-hybridized carbons (Fsp3) is 0.636. The zero-order valence-corrected chi connectivity index (χ0v) is 18.5. The highest BCUT2D eigenvalue weighted by Gasteiger charge is 2.20. The molecule has 0 fully saturated rings. The Morgan fingerprint density at radius 2 is 1.86 bits per heavy atom. The molecule has 28 heavy (non-hydrogen) atoms. The summed E-state index contributed by atoms with van der Waals surface area (Å²) in [5, 5.41) is 21.0. The molecule has 160 valence electrons. The largest absolute Gasteiger partial charge is 0.493 e. The maximum absolute atomic E-state index is 10.6. The number of carbonyl (C=O) groups is 1. The Balaban J connectivity index is 0.00000171. The summed E-state index contributed by atoms with van der Waals surface area (Å²) in [7, 11) is 1.00. The summed E-state index contributed by atoms with van der Waals surface area (Å²) in [5.41, 5.74) is 2.94. The van der Waals surface area contributed by atoms with Crippen LogP contribution in [0.5, 0.6) is 5.75 Å². The first kappa shape index (κ1) is 25.9. The van der Waals surface area contributed by atoms with Crippen LogP contribution >= 0.6 is 0 Å². The lowest BCUT2D eigenvalue weighted by Gasteiger charge is -2.16. The van der Waals surface area contributed by atoms with Crippen LogP contribution in [-0.2, 0) is 17.6 Å². The third-order valence-electron chi connectivity index (χ3n) is 3.77. The summed E-state index contributed by atoms with van der Waals surface area (Å²) < 4.78 is 11.4. The standard InChI is InChI=1S/C19H27NO4.C2H6.CH4O/c1-5-7-14-16(23-11-6-8-17(21)22)10-9-13-15(12-19(2,3)4)20-24-18(13)14;2*1-2/h9-10H,5-8,11-12H2,1-4H3,(H,21,22);1-2H3;2H,1H3. The molecule has 0 amide bonds. The van der Waals surface area contributed by atoms with Crippen LogP contribution in [0.1, 0.15) is 72.1 Å². The number of hydrogen-bond donors (Lipinski definition) is 2. The predicted octanol–water partition coefficient (Wildman–Crippen LogP) is 5.25. The van der Waals surface area contributed by atoms with Crippen molar-refractivity contribution < 1.29 is 24.3 Å². The molecule has 0 aliphatic carbocycles. The van der Waals surface area contributed by atoms with E-state index in [0.717, 1.165) is 54.3 Å².